The molecule has 0 heterocycles. The maximum atomic E-state index is 6.54. The topological polar surface area (TPSA) is 53.7 Å². The Bertz CT molecular complexity index is 600. The third kappa shape index (κ3) is 10.8. The Hall–Kier alpha value is -0.420. The number of ether oxygens (including phenoxy) is 3. The number of rotatable bonds is 16. The van der Waals surface area contributed by atoms with Gasteiger partial charge in [-0.15, -0.1) is 0 Å². The molecule has 198 valence electrons. The van der Waals surface area contributed by atoms with E-state index >= 15 is 0 Å². The molecule has 0 aliphatic rings. The molecule has 33 heavy (non-hydrogen) atoms. The molecule has 0 saturated carbocycles. The highest BCUT2D eigenvalue weighted by Gasteiger charge is 2.42. The van der Waals surface area contributed by atoms with Gasteiger partial charge in [-0.1, -0.05) is 48.1 Å². The summed E-state index contributed by atoms with van der Waals surface area (Å²) in [7, 11) is 0. The van der Waals surface area contributed by atoms with Crippen molar-refractivity contribution in [2.24, 2.45) is 22.5 Å². The maximum absolute atomic E-state index is 6.54. The van der Waals surface area contributed by atoms with Crippen LogP contribution in [0.4, 0.5) is 0 Å². The predicted octanol–water partition coefficient (Wildman–Crippen LogP) is 7.54. The van der Waals surface area contributed by atoms with Gasteiger partial charge in [0.1, 0.15) is 0 Å². The lowest BCUT2D eigenvalue weighted by Gasteiger charge is -2.46. The lowest BCUT2D eigenvalue weighted by atomic mass is 9.72. The Morgan fingerprint density at radius 2 is 1.24 bits per heavy atom. The van der Waals surface area contributed by atoms with E-state index in [1.807, 2.05) is 6.92 Å². The molecule has 0 spiro atoms. The third-order valence-electron chi connectivity index (χ3n) is 8.02. The fourth-order valence-electron chi connectivity index (χ4n) is 4.07. The predicted molar refractivity (Wildman–Crippen MR) is 144 cm³/mol. The van der Waals surface area contributed by atoms with E-state index in [0.717, 1.165) is 24.8 Å². The summed E-state index contributed by atoms with van der Waals surface area (Å²) in [5.41, 5.74) is 6.26. The van der Waals surface area contributed by atoms with Gasteiger partial charge in [-0.2, -0.15) is 0 Å². The van der Waals surface area contributed by atoms with Gasteiger partial charge in [0.2, 0.25) is 0 Å². The summed E-state index contributed by atoms with van der Waals surface area (Å²) >= 11 is 0. The van der Waals surface area contributed by atoms with Crippen molar-refractivity contribution in [2.45, 2.75) is 145 Å². The highest BCUT2D eigenvalue weighted by atomic mass is 16.5. The quantitative estimate of drug-likeness (QED) is 0.237. The fourth-order valence-corrected chi connectivity index (χ4v) is 4.07. The zero-order chi connectivity index (χ0) is 26.5. The van der Waals surface area contributed by atoms with Crippen molar-refractivity contribution in [3.8, 4) is 0 Å². The van der Waals surface area contributed by atoms with Crippen LogP contribution in [0.2, 0.25) is 0 Å². The normalized spacial score (nSPS) is 16.2. The molecular formula is C29H59NO3. The van der Waals surface area contributed by atoms with Crippen molar-refractivity contribution in [2.75, 3.05) is 13.2 Å². The van der Waals surface area contributed by atoms with Gasteiger partial charge in [0.05, 0.1) is 29.5 Å². The molecule has 2 N–H and O–H groups in total. The van der Waals surface area contributed by atoms with E-state index in [-0.39, 0.29) is 39.8 Å². The van der Waals surface area contributed by atoms with E-state index in [1.165, 1.54) is 0 Å². The van der Waals surface area contributed by atoms with Crippen molar-refractivity contribution in [3.63, 3.8) is 0 Å². The molecule has 0 aromatic heterocycles. The molecule has 0 aromatic rings. The molecule has 0 aliphatic heterocycles. The van der Waals surface area contributed by atoms with Gasteiger partial charge in [0.25, 0.3) is 0 Å². The molecule has 0 rings (SSSR count). The second-order valence-corrected chi connectivity index (χ2v) is 13.6. The van der Waals surface area contributed by atoms with E-state index in [2.05, 4.69) is 96.6 Å². The molecule has 0 saturated heterocycles. The first-order valence-corrected chi connectivity index (χ1v) is 12.9. The van der Waals surface area contributed by atoms with Crippen LogP contribution in [0.5, 0.6) is 0 Å². The van der Waals surface area contributed by atoms with Crippen LogP contribution in [-0.2, 0) is 14.2 Å². The Labute approximate surface area is 207 Å². The van der Waals surface area contributed by atoms with Gasteiger partial charge in [-0.3, -0.25) is 0 Å². The summed E-state index contributed by atoms with van der Waals surface area (Å²) in [5, 5.41) is 0. The van der Waals surface area contributed by atoms with Crippen LogP contribution in [0.25, 0.3) is 0 Å². The molecule has 0 fully saturated rings. The summed E-state index contributed by atoms with van der Waals surface area (Å²) in [6.07, 6.45) is 2.79. The van der Waals surface area contributed by atoms with E-state index in [4.69, 9.17) is 19.9 Å². The van der Waals surface area contributed by atoms with Crippen LogP contribution in [-0.4, -0.2) is 42.2 Å². The first kappa shape index (κ1) is 32.6. The fraction of sp³-hybridized carbons (Fsp3) is 0.931. The molecule has 0 aliphatic carbocycles. The van der Waals surface area contributed by atoms with Crippen LogP contribution < -0.4 is 5.73 Å². The Balaban J connectivity index is 4.96. The summed E-state index contributed by atoms with van der Waals surface area (Å²) in [4.78, 5) is 0. The smallest absolute Gasteiger partial charge is 0.0684 e. The Morgan fingerprint density at radius 3 is 1.70 bits per heavy atom. The molecule has 4 heteroatoms. The highest BCUT2D eigenvalue weighted by Crippen LogP contribution is 2.42. The van der Waals surface area contributed by atoms with Crippen LogP contribution in [0.15, 0.2) is 12.2 Å². The van der Waals surface area contributed by atoms with Crippen molar-refractivity contribution in [3.05, 3.63) is 12.2 Å². The van der Waals surface area contributed by atoms with Gasteiger partial charge >= 0.3 is 0 Å². The molecule has 4 nitrogen and oxygen atoms in total. The third-order valence-corrected chi connectivity index (χ3v) is 8.02. The zero-order valence-electron chi connectivity index (χ0n) is 24.8. The number of hydrogen-bond acceptors (Lipinski definition) is 4. The second kappa shape index (κ2) is 12.0. The van der Waals surface area contributed by atoms with Gasteiger partial charge in [0.15, 0.2) is 0 Å². The van der Waals surface area contributed by atoms with Crippen molar-refractivity contribution < 1.29 is 14.2 Å². The molecule has 0 aromatic carbocycles. The van der Waals surface area contributed by atoms with Gasteiger partial charge in [-0.25, -0.2) is 0 Å². The monoisotopic (exact) mass is 469 g/mol. The Kier molecular flexibility index (Phi) is 11.9. The number of nitrogens with two attached hydrogens (primary N) is 1. The molecule has 0 radical (unpaired) electrons. The molecule has 0 bridgehead atoms. The van der Waals surface area contributed by atoms with Crippen LogP contribution in [0.3, 0.4) is 0 Å². The minimum atomic E-state index is -0.289. The average molecular weight is 470 g/mol. The van der Waals surface area contributed by atoms with E-state index < -0.39 is 0 Å². The minimum Gasteiger partial charge on any atom is -0.375 e. The summed E-state index contributed by atoms with van der Waals surface area (Å²) in [6, 6.07) is 0.125. The molecule has 2 atom stereocenters. The van der Waals surface area contributed by atoms with Gasteiger partial charge < -0.3 is 19.9 Å². The molecular weight excluding hydrogens is 410 g/mol. The van der Waals surface area contributed by atoms with Crippen LogP contribution in [0.1, 0.15) is 116 Å². The second-order valence-electron chi connectivity index (χ2n) is 13.6. The standard InChI is InChI=1S/C29H59NO3/c1-21(2)22(3)20-32-28(12,13)25(6,7)16-17-31-29(14,15)26(8,9)19-24(5)33-27(10,11)18-23(4)30/h21,23-24H,3,16-20,30H2,1-2,4-15H3. The molecule has 2 unspecified atom stereocenters. The van der Waals surface area contributed by atoms with Gasteiger partial charge in [-0.05, 0) is 97.0 Å². The van der Waals surface area contributed by atoms with Crippen molar-refractivity contribution in [1.82, 2.24) is 0 Å². The first-order valence-electron chi connectivity index (χ1n) is 12.9. The van der Waals surface area contributed by atoms with Crippen molar-refractivity contribution in [1.29, 1.82) is 0 Å². The largest absolute Gasteiger partial charge is 0.375 e. The average Bonchev–Trinajstić information content (AvgIpc) is 2.56. The minimum absolute atomic E-state index is 0.0379. The highest BCUT2D eigenvalue weighted by molar-refractivity contribution is 4.99. The Morgan fingerprint density at radius 1 is 0.758 bits per heavy atom. The van der Waals surface area contributed by atoms with E-state index in [1.54, 1.807) is 0 Å². The maximum Gasteiger partial charge on any atom is 0.0684 e. The number of hydrogen-bond donors (Lipinski definition) is 1. The SMILES string of the molecule is C=C(COC(C)(C)C(C)(C)CCOC(C)(C)C(C)(C)CC(C)OC(C)(C)CC(C)N)C(C)C. The summed E-state index contributed by atoms with van der Waals surface area (Å²) < 4.78 is 19.2. The van der Waals surface area contributed by atoms with E-state index in [9.17, 15) is 0 Å². The lowest BCUT2D eigenvalue weighted by molar-refractivity contribution is -0.149. The first-order chi connectivity index (χ1) is 14.6. The van der Waals surface area contributed by atoms with Crippen LogP contribution >= 0.6 is 0 Å². The van der Waals surface area contributed by atoms with Crippen molar-refractivity contribution >= 4 is 0 Å². The summed E-state index contributed by atoms with van der Waals surface area (Å²) in [6.45, 7) is 36.1. The zero-order valence-corrected chi connectivity index (χ0v) is 24.8. The summed E-state index contributed by atoms with van der Waals surface area (Å²) in [5.74, 6) is 0.436. The molecule has 0 amide bonds. The van der Waals surface area contributed by atoms with Gasteiger partial charge in [0, 0.05) is 12.6 Å². The van der Waals surface area contributed by atoms with Crippen LogP contribution in [0, 0.1) is 16.7 Å². The lowest BCUT2D eigenvalue weighted by Crippen LogP contribution is -2.47. The van der Waals surface area contributed by atoms with E-state index in [0.29, 0.717) is 19.1 Å².